The molecule has 0 unspecified atom stereocenters. The number of pyridine rings is 1. The first-order chi connectivity index (χ1) is 18.5. The highest BCUT2D eigenvalue weighted by Gasteiger charge is 2.38. The smallest absolute Gasteiger partial charge is 0.243 e. The van der Waals surface area contributed by atoms with Gasteiger partial charge in [-0.05, 0) is 68.0 Å². The van der Waals surface area contributed by atoms with Gasteiger partial charge in [-0.1, -0.05) is 63.5 Å². The maximum atomic E-state index is 14.0. The van der Waals surface area contributed by atoms with E-state index in [0.717, 1.165) is 54.1 Å². The molecule has 2 heterocycles. The first-order valence-electron chi connectivity index (χ1n) is 15.0. The lowest BCUT2D eigenvalue weighted by Crippen LogP contribution is -2.54. The van der Waals surface area contributed by atoms with Gasteiger partial charge in [0.25, 0.3) is 0 Å². The number of halogens is 1. The molecule has 2 saturated carbocycles. The number of aryl methyl sites for hydroxylation is 1. The predicted molar refractivity (Wildman–Crippen MR) is 160 cm³/mol. The number of fused-ring (bicyclic) bond motifs is 1. The van der Waals surface area contributed by atoms with Crippen LogP contribution >= 0.6 is 12.4 Å². The summed E-state index contributed by atoms with van der Waals surface area (Å²) < 4.78 is 0. The number of benzene rings is 1. The number of nitrogen functional groups attached to an aromatic ring is 1. The van der Waals surface area contributed by atoms with Crippen molar-refractivity contribution in [3.05, 3.63) is 35.5 Å². The molecule has 3 aliphatic rings. The zero-order valence-corrected chi connectivity index (χ0v) is 24.2. The van der Waals surface area contributed by atoms with Gasteiger partial charge in [-0.25, -0.2) is 4.98 Å². The van der Waals surface area contributed by atoms with E-state index >= 15 is 0 Å². The molecule has 2 aromatic rings. The molecule has 7 nitrogen and oxygen atoms in total. The lowest BCUT2D eigenvalue weighted by Gasteiger charge is -2.35. The lowest BCUT2D eigenvalue weighted by atomic mass is 9.84. The minimum Gasteiger partial charge on any atom is -0.383 e. The molecular weight excluding hydrogens is 510 g/mol. The number of hydrogen-bond acceptors (Lipinski definition) is 5. The second kappa shape index (κ2) is 13.8. The SMILES string of the molecule is Cc1cc2cc(CNC(=O)[C@@H]3CCCN3C(=O)[C@@H](CC3CCCCC3)NC3CCCCC3)ccc2c(N)n1.Cl. The summed E-state index contributed by atoms with van der Waals surface area (Å²) in [6.07, 6.45) is 15.0. The Bertz CT molecular complexity index is 1110. The number of amides is 2. The first kappa shape index (κ1) is 29.6. The Labute approximate surface area is 239 Å². The monoisotopic (exact) mass is 555 g/mol. The Kier molecular flexibility index (Phi) is 10.5. The van der Waals surface area contributed by atoms with Crippen molar-refractivity contribution >= 4 is 40.8 Å². The van der Waals surface area contributed by atoms with E-state index in [1.165, 1.54) is 51.4 Å². The highest BCUT2D eigenvalue weighted by atomic mass is 35.5. The molecule has 1 aromatic heterocycles. The summed E-state index contributed by atoms with van der Waals surface area (Å²) in [6, 6.07) is 7.91. The van der Waals surface area contributed by atoms with Gasteiger partial charge in [-0.15, -0.1) is 12.4 Å². The van der Waals surface area contributed by atoms with Gasteiger partial charge in [0.1, 0.15) is 11.9 Å². The van der Waals surface area contributed by atoms with Gasteiger partial charge in [0.15, 0.2) is 0 Å². The molecule has 0 radical (unpaired) electrons. The summed E-state index contributed by atoms with van der Waals surface area (Å²) in [6.45, 7) is 3.03. The number of hydrogen-bond donors (Lipinski definition) is 3. The number of anilines is 1. The number of nitrogens with two attached hydrogens (primary N) is 1. The molecule has 8 heteroatoms. The summed E-state index contributed by atoms with van der Waals surface area (Å²) in [5, 5.41) is 8.86. The van der Waals surface area contributed by atoms with E-state index in [9.17, 15) is 9.59 Å². The Morgan fingerprint density at radius 2 is 1.72 bits per heavy atom. The third-order valence-electron chi connectivity index (χ3n) is 8.99. The van der Waals surface area contributed by atoms with Gasteiger partial charge in [-0.2, -0.15) is 0 Å². The topological polar surface area (TPSA) is 100 Å². The second-order valence-corrected chi connectivity index (χ2v) is 11.9. The molecule has 5 rings (SSSR count). The van der Waals surface area contributed by atoms with Crippen molar-refractivity contribution in [2.24, 2.45) is 5.92 Å². The fourth-order valence-corrected chi connectivity index (χ4v) is 6.94. The molecule has 3 fully saturated rings. The fourth-order valence-electron chi connectivity index (χ4n) is 6.94. The summed E-state index contributed by atoms with van der Waals surface area (Å²) in [5.41, 5.74) is 7.97. The van der Waals surface area contributed by atoms with E-state index in [2.05, 4.69) is 21.7 Å². The molecule has 0 bridgehead atoms. The Morgan fingerprint density at radius 1 is 1.00 bits per heavy atom. The normalized spacial score (nSPS) is 21.5. The van der Waals surface area contributed by atoms with E-state index < -0.39 is 0 Å². The van der Waals surface area contributed by atoms with Crippen LogP contribution < -0.4 is 16.4 Å². The average Bonchev–Trinajstić information content (AvgIpc) is 3.42. The molecule has 4 N–H and O–H groups in total. The van der Waals surface area contributed by atoms with Crippen molar-refractivity contribution in [2.45, 2.75) is 115 Å². The van der Waals surface area contributed by atoms with Gasteiger partial charge in [-0.3, -0.25) is 9.59 Å². The van der Waals surface area contributed by atoms with Crippen molar-refractivity contribution in [2.75, 3.05) is 12.3 Å². The molecule has 1 saturated heterocycles. The molecule has 2 atom stereocenters. The van der Waals surface area contributed by atoms with Crippen LogP contribution in [0.1, 0.15) is 94.7 Å². The maximum absolute atomic E-state index is 14.0. The minimum absolute atomic E-state index is 0. The van der Waals surface area contributed by atoms with Gasteiger partial charge < -0.3 is 21.3 Å². The third kappa shape index (κ3) is 7.43. The fraction of sp³-hybridized carbons (Fsp3) is 0.645. The van der Waals surface area contributed by atoms with Crippen LogP contribution in [0.2, 0.25) is 0 Å². The van der Waals surface area contributed by atoms with Crippen molar-refractivity contribution in [1.29, 1.82) is 0 Å². The van der Waals surface area contributed by atoms with Crippen molar-refractivity contribution in [3.63, 3.8) is 0 Å². The summed E-state index contributed by atoms with van der Waals surface area (Å²) in [4.78, 5) is 33.5. The van der Waals surface area contributed by atoms with Gasteiger partial charge >= 0.3 is 0 Å². The van der Waals surface area contributed by atoms with Crippen LogP contribution in [0.5, 0.6) is 0 Å². The Morgan fingerprint density at radius 3 is 2.46 bits per heavy atom. The zero-order chi connectivity index (χ0) is 26.5. The first-order valence-corrected chi connectivity index (χ1v) is 15.0. The van der Waals surface area contributed by atoms with Crippen LogP contribution in [0.4, 0.5) is 5.82 Å². The highest BCUT2D eigenvalue weighted by molar-refractivity contribution is 5.92. The third-order valence-corrected chi connectivity index (χ3v) is 8.99. The number of aromatic nitrogens is 1. The molecule has 1 aliphatic heterocycles. The quantitative estimate of drug-likeness (QED) is 0.404. The molecular formula is C31H46ClN5O2. The van der Waals surface area contributed by atoms with Crippen LogP contribution in [0.15, 0.2) is 24.3 Å². The predicted octanol–water partition coefficient (Wildman–Crippen LogP) is 5.42. The molecule has 214 valence electrons. The van der Waals surface area contributed by atoms with Crippen LogP contribution in [-0.4, -0.2) is 46.4 Å². The van der Waals surface area contributed by atoms with Crippen LogP contribution in [-0.2, 0) is 16.1 Å². The van der Waals surface area contributed by atoms with Crippen LogP contribution in [0.25, 0.3) is 10.8 Å². The molecule has 2 aliphatic carbocycles. The zero-order valence-electron chi connectivity index (χ0n) is 23.4. The van der Waals surface area contributed by atoms with Gasteiger partial charge in [0, 0.05) is 30.2 Å². The van der Waals surface area contributed by atoms with E-state index in [4.69, 9.17) is 5.73 Å². The van der Waals surface area contributed by atoms with Crippen molar-refractivity contribution in [1.82, 2.24) is 20.5 Å². The second-order valence-electron chi connectivity index (χ2n) is 11.9. The minimum atomic E-state index is -0.382. The summed E-state index contributed by atoms with van der Waals surface area (Å²) in [5.74, 6) is 1.24. The van der Waals surface area contributed by atoms with Gasteiger partial charge in [0.05, 0.1) is 6.04 Å². The van der Waals surface area contributed by atoms with E-state index in [0.29, 0.717) is 30.9 Å². The standard InChI is InChI=1S/C31H45N5O2.ClH/c1-21-17-24-18-23(14-15-26(24)29(32)34-21)20-33-30(37)28-13-8-16-36(28)31(38)27(19-22-9-4-2-5-10-22)35-25-11-6-3-7-12-25;/h14-15,17-18,22,25,27-28,35H,2-13,16,19-20H2,1H3,(H2,32,34)(H,33,37);1H/t27-,28+;/m1./s1. The number of carbonyl (C=O) groups is 2. The van der Waals surface area contributed by atoms with Crippen molar-refractivity contribution < 1.29 is 9.59 Å². The summed E-state index contributed by atoms with van der Waals surface area (Å²) in [7, 11) is 0. The average molecular weight is 556 g/mol. The van der Waals surface area contributed by atoms with Gasteiger partial charge in [0.2, 0.25) is 11.8 Å². The number of nitrogens with one attached hydrogen (secondary N) is 2. The van der Waals surface area contributed by atoms with E-state index in [-0.39, 0.29) is 36.3 Å². The largest absolute Gasteiger partial charge is 0.383 e. The molecule has 0 spiro atoms. The van der Waals surface area contributed by atoms with Crippen LogP contribution in [0.3, 0.4) is 0 Å². The maximum Gasteiger partial charge on any atom is 0.243 e. The van der Waals surface area contributed by atoms with E-state index in [1.807, 2.05) is 30.0 Å². The lowest BCUT2D eigenvalue weighted by molar-refractivity contribution is -0.140. The van der Waals surface area contributed by atoms with E-state index in [1.54, 1.807) is 0 Å². The number of likely N-dealkylation sites (tertiary alicyclic amines) is 1. The Hall–Kier alpha value is -2.38. The molecule has 2 amide bonds. The van der Waals surface area contributed by atoms with Crippen molar-refractivity contribution in [3.8, 4) is 0 Å². The highest BCUT2D eigenvalue weighted by Crippen LogP contribution is 2.30. The molecule has 1 aromatic carbocycles. The Balaban J connectivity index is 0.00000353. The molecule has 39 heavy (non-hydrogen) atoms. The number of nitrogens with zero attached hydrogens (tertiary/aromatic N) is 2. The number of carbonyl (C=O) groups excluding carboxylic acids is 2. The number of rotatable bonds is 8. The summed E-state index contributed by atoms with van der Waals surface area (Å²) >= 11 is 0. The van der Waals surface area contributed by atoms with Crippen LogP contribution in [0, 0.1) is 12.8 Å².